The van der Waals surface area contributed by atoms with Gasteiger partial charge in [0.15, 0.2) is 0 Å². The molecule has 1 heterocycles. The van der Waals surface area contributed by atoms with Gasteiger partial charge in [-0.2, -0.15) is 0 Å². The Morgan fingerprint density at radius 3 is 2.57 bits per heavy atom. The third-order valence-corrected chi connectivity index (χ3v) is 4.22. The summed E-state index contributed by atoms with van der Waals surface area (Å²) >= 11 is 0. The molecule has 3 rings (SSSR count). The van der Waals surface area contributed by atoms with Gasteiger partial charge in [-0.1, -0.05) is 24.3 Å². The molecule has 1 aliphatic rings. The molecule has 1 N–H and O–H groups in total. The fourth-order valence-corrected chi connectivity index (χ4v) is 2.96. The van der Waals surface area contributed by atoms with Crippen LogP contribution in [0.1, 0.15) is 43.0 Å². The quantitative estimate of drug-likeness (QED) is 0.834. The van der Waals surface area contributed by atoms with E-state index in [-0.39, 0.29) is 11.6 Å². The summed E-state index contributed by atoms with van der Waals surface area (Å²) in [5.41, 5.74) is 4.92. The van der Waals surface area contributed by atoms with E-state index >= 15 is 0 Å². The third-order valence-electron chi connectivity index (χ3n) is 4.22. The normalized spacial score (nSPS) is 19.5. The van der Waals surface area contributed by atoms with Gasteiger partial charge in [0.2, 0.25) is 0 Å². The predicted molar refractivity (Wildman–Crippen MR) is 88.0 cm³/mol. The average Bonchev–Trinajstić information content (AvgIpc) is 2.42. The topological polar surface area (TPSA) is 21.3 Å². The van der Waals surface area contributed by atoms with Crippen molar-refractivity contribution in [3.05, 3.63) is 59.2 Å². The molecule has 0 saturated carbocycles. The number of anilines is 1. The number of aryl methyl sites for hydroxylation is 2. The molecule has 0 aliphatic carbocycles. The summed E-state index contributed by atoms with van der Waals surface area (Å²) in [5, 5.41) is 3.68. The van der Waals surface area contributed by atoms with Crippen LogP contribution in [0.4, 0.5) is 5.69 Å². The number of ether oxygens (including phenoxy) is 1. The van der Waals surface area contributed by atoms with Gasteiger partial charge in [0.25, 0.3) is 0 Å². The van der Waals surface area contributed by atoms with Gasteiger partial charge in [-0.3, -0.25) is 0 Å². The third kappa shape index (κ3) is 2.90. The molecule has 1 atom stereocenters. The van der Waals surface area contributed by atoms with Crippen LogP contribution in [0.5, 0.6) is 5.75 Å². The van der Waals surface area contributed by atoms with Gasteiger partial charge in [-0.15, -0.1) is 0 Å². The number of benzene rings is 2. The van der Waals surface area contributed by atoms with Gasteiger partial charge in [0, 0.05) is 17.7 Å². The molecule has 1 aliphatic heterocycles. The first kappa shape index (κ1) is 14.0. The van der Waals surface area contributed by atoms with Crippen molar-refractivity contribution in [2.45, 2.75) is 45.8 Å². The Kier molecular flexibility index (Phi) is 3.40. The smallest absolute Gasteiger partial charge is 0.125 e. The molecule has 0 saturated heterocycles. The summed E-state index contributed by atoms with van der Waals surface area (Å²) in [6.45, 7) is 8.60. The van der Waals surface area contributed by atoms with Crippen LogP contribution in [0.3, 0.4) is 0 Å². The lowest BCUT2D eigenvalue weighted by atomic mass is 9.89. The average molecular weight is 281 g/mol. The molecule has 1 unspecified atom stereocenters. The summed E-state index contributed by atoms with van der Waals surface area (Å²) in [6, 6.07) is 15.2. The van der Waals surface area contributed by atoms with E-state index in [1.165, 1.54) is 22.4 Å². The van der Waals surface area contributed by atoms with Crippen LogP contribution < -0.4 is 10.1 Å². The van der Waals surface area contributed by atoms with E-state index in [1.54, 1.807) is 0 Å². The Morgan fingerprint density at radius 2 is 1.81 bits per heavy atom. The minimum Gasteiger partial charge on any atom is -0.487 e. The molecule has 21 heavy (non-hydrogen) atoms. The Morgan fingerprint density at radius 1 is 1.05 bits per heavy atom. The highest BCUT2D eigenvalue weighted by molar-refractivity contribution is 5.52. The van der Waals surface area contributed by atoms with Crippen LogP contribution in [0.25, 0.3) is 0 Å². The van der Waals surface area contributed by atoms with Crippen LogP contribution >= 0.6 is 0 Å². The standard InChI is InChI=1S/C19H23NO/c1-13-9-10-15(11-14(13)2)20-17-12-19(3,4)21-18-8-6-5-7-16(17)18/h5-11,17,20H,12H2,1-4H3. The fraction of sp³-hybridized carbons (Fsp3) is 0.368. The summed E-state index contributed by atoms with van der Waals surface area (Å²) in [7, 11) is 0. The molecule has 2 nitrogen and oxygen atoms in total. The lowest BCUT2D eigenvalue weighted by Gasteiger charge is -2.38. The highest BCUT2D eigenvalue weighted by Crippen LogP contribution is 2.40. The Bertz CT molecular complexity index is 660. The first-order valence-electron chi connectivity index (χ1n) is 7.56. The lowest BCUT2D eigenvalue weighted by molar-refractivity contribution is 0.0759. The first-order valence-corrected chi connectivity index (χ1v) is 7.56. The summed E-state index contributed by atoms with van der Waals surface area (Å²) in [5.74, 6) is 0.995. The lowest BCUT2D eigenvalue weighted by Crippen LogP contribution is -2.37. The van der Waals surface area contributed by atoms with E-state index in [0.29, 0.717) is 0 Å². The minimum atomic E-state index is -0.147. The van der Waals surface area contributed by atoms with Crippen molar-refractivity contribution >= 4 is 5.69 Å². The molecule has 0 aromatic heterocycles. The van der Waals surface area contributed by atoms with Crippen molar-refractivity contribution in [3.63, 3.8) is 0 Å². The van der Waals surface area contributed by atoms with E-state index < -0.39 is 0 Å². The van der Waals surface area contributed by atoms with Gasteiger partial charge in [0.1, 0.15) is 11.4 Å². The van der Waals surface area contributed by atoms with Crippen LogP contribution in [0.2, 0.25) is 0 Å². The Balaban J connectivity index is 1.92. The highest BCUT2D eigenvalue weighted by atomic mass is 16.5. The second kappa shape index (κ2) is 5.10. The zero-order chi connectivity index (χ0) is 15.0. The zero-order valence-corrected chi connectivity index (χ0v) is 13.2. The molecule has 0 amide bonds. The zero-order valence-electron chi connectivity index (χ0n) is 13.2. The second-order valence-electron chi connectivity index (χ2n) is 6.60. The maximum absolute atomic E-state index is 6.09. The number of rotatable bonds is 2. The summed E-state index contributed by atoms with van der Waals surface area (Å²) < 4.78 is 6.09. The van der Waals surface area contributed by atoms with Gasteiger partial charge < -0.3 is 10.1 Å². The predicted octanol–water partition coefficient (Wildman–Crippen LogP) is 5.02. The minimum absolute atomic E-state index is 0.147. The van der Waals surface area contributed by atoms with Gasteiger partial charge >= 0.3 is 0 Å². The Hall–Kier alpha value is -1.96. The molecule has 0 spiro atoms. The van der Waals surface area contributed by atoms with Gasteiger partial charge in [0.05, 0.1) is 6.04 Å². The second-order valence-corrected chi connectivity index (χ2v) is 6.60. The molecular formula is C19H23NO. The van der Waals surface area contributed by atoms with Crippen molar-refractivity contribution in [2.75, 3.05) is 5.32 Å². The van der Waals surface area contributed by atoms with Crippen molar-refractivity contribution in [1.82, 2.24) is 0 Å². The first-order chi connectivity index (χ1) is 9.94. The SMILES string of the molecule is Cc1ccc(NC2CC(C)(C)Oc3ccccc32)cc1C. The van der Waals surface area contributed by atoms with Crippen molar-refractivity contribution in [1.29, 1.82) is 0 Å². The highest BCUT2D eigenvalue weighted by Gasteiger charge is 2.33. The number of fused-ring (bicyclic) bond motifs is 1. The molecule has 110 valence electrons. The van der Waals surface area contributed by atoms with E-state index in [9.17, 15) is 0 Å². The monoisotopic (exact) mass is 281 g/mol. The number of hydrogen-bond donors (Lipinski definition) is 1. The summed E-state index contributed by atoms with van der Waals surface area (Å²) in [6.07, 6.45) is 0.955. The van der Waals surface area contributed by atoms with Gasteiger partial charge in [-0.25, -0.2) is 0 Å². The molecule has 0 bridgehead atoms. The van der Waals surface area contributed by atoms with Gasteiger partial charge in [-0.05, 0) is 57.0 Å². The van der Waals surface area contributed by atoms with Crippen molar-refractivity contribution in [3.8, 4) is 5.75 Å². The summed E-state index contributed by atoms with van der Waals surface area (Å²) in [4.78, 5) is 0. The van der Waals surface area contributed by atoms with Crippen LogP contribution in [-0.2, 0) is 0 Å². The van der Waals surface area contributed by atoms with E-state index in [0.717, 1.165) is 12.2 Å². The molecule has 2 aromatic rings. The largest absolute Gasteiger partial charge is 0.487 e. The molecule has 0 radical (unpaired) electrons. The fourth-order valence-electron chi connectivity index (χ4n) is 2.96. The van der Waals surface area contributed by atoms with E-state index in [4.69, 9.17) is 4.74 Å². The number of nitrogens with one attached hydrogen (secondary N) is 1. The number of para-hydroxylation sites is 1. The Labute approximate surface area is 127 Å². The maximum Gasteiger partial charge on any atom is 0.125 e. The van der Waals surface area contributed by atoms with Crippen molar-refractivity contribution in [2.24, 2.45) is 0 Å². The number of hydrogen-bond acceptors (Lipinski definition) is 2. The molecule has 2 aromatic carbocycles. The molecule has 2 heteroatoms. The van der Waals surface area contributed by atoms with E-state index in [2.05, 4.69) is 69.4 Å². The van der Waals surface area contributed by atoms with Crippen molar-refractivity contribution < 1.29 is 4.74 Å². The maximum atomic E-state index is 6.09. The van der Waals surface area contributed by atoms with Crippen LogP contribution in [0.15, 0.2) is 42.5 Å². The molecular weight excluding hydrogens is 258 g/mol. The van der Waals surface area contributed by atoms with Crippen LogP contribution in [-0.4, -0.2) is 5.60 Å². The van der Waals surface area contributed by atoms with E-state index in [1.807, 2.05) is 6.07 Å². The molecule has 0 fully saturated rings. The van der Waals surface area contributed by atoms with Crippen LogP contribution in [0, 0.1) is 13.8 Å².